The Morgan fingerprint density at radius 1 is 1.33 bits per heavy atom. The van der Waals surface area contributed by atoms with Crippen molar-refractivity contribution < 1.29 is 4.74 Å². The van der Waals surface area contributed by atoms with Gasteiger partial charge in [-0.2, -0.15) is 9.90 Å². The van der Waals surface area contributed by atoms with Crippen LogP contribution in [0.5, 0.6) is 5.75 Å². The molecule has 0 saturated heterocycles. The number of aromatic nitrogens is 3. The van der Waals surface area contributed by atoms with Gasteiger partial charge >= 0.3 is 0 Å². The third-order valence-corrected chi connectivity index (χ3v) is 2.04. The fraction of sp³-hybridized carbons (Fsp3) is 0.200. The van der Waals surface area contributed by atoms with E-state index in [0.29, 0.717) is 12.4 Å². The molecule has 0 saturated carbocycles. The maximum Gasteiger partial charge on any atom is 0.165 e. The van der Waals surface area contributed by atoms with E-state index in [9.17, 15) is 0 Å². The van der Waals surface area contributed by atoms with Crippen LogP contribution in [0.25, 0.3) is 0 Å². The van der Waals surface area contributed by atoms with Crippen LogP contribution < -0.4 is 10.5 Å². The molecule has 1 aromatic carbocycles. The lowest BCUT2D eigenvalue weighted by atomic mass is 10.2. The van der Waals surface area contributed by atoms with Crippen LogP contribution in [0.3, 0.4) is 0 Å². The van der Waals surface area contributed by atoms with Crippen molar-refractivity contribution in [3.63, 3.8) is 0 Å². The number of methoxy groups -OCH3 is 1. The summed E-state index contributed by atoms with van der Waals surface area (Å²) in [5.74, 6) is 1.27. The van der Waals surface area contributed by atoms with E-state index < -0.39 is 0 Å². The molecule has 2 aromatic rings. The molecule has 0 unspecified atom stereocenters. The fourth-order valence-corrected chi connectivity index (χ4v) is 1.28. The summed E-state index contributed by atoms with van der Waals surface area (Å²) in [4.78, 5) is 1.55. The van der Waals surface area contributed by atoms with Crippen molar-refractivity contribution in [3.05, 3.63) is 36.0 Å². The second kappa shape index (κ2) is 4.00. The van der Waals surface area contributed by atoms with Gasteiger partial charge in [-0.05, 0) is 17.7 Å². The van der Waals surface area contributed by atoms with Crippen molar-refractivity contribution in [1.82, 2.24) is 15.0 Å². The fourth-order valence-electron chi connectivity index (χ4n) is 1.28. The van der Waals surface area contributed by atoms with E-state index in [0.717, 1.165) is 11.3 Å². The van der Waals surface area contributed by atoms with Crippen LogP contribution in [0.1, 0.15) is 5.56 Å². The van der Waals surface area contributed by atoms with Crippen molar-refractivity contribution in [2.24, 2.45) is 0 Å². The lowest BCUT2D eigenvalue weighted by Gasteiger charge is -2.02. The van der Waals surface area contributed by atoms with E-state index in [2.05, 4.69) is 10.2 Å². The average molecular weight is 204 g/mol. The minimum atomic E-state index is 0.434. The topological polar surface area (TPSA) is 66.0 Å². The average Bonchev–Trinajstić information content (AvgIpc) is 2.65. The zero-order valence-corrected chi connectivity index (χ0v) is 8.42. The first-order valence-corrected chi connectivity index (χ1v) is 4.56. The quantitative estimate of drug-likeness (QED) is 0.807. The summed E-state index contributed by atoms with van der Waals surface area (Å²) in [7, 11) is 1.64. The number of hydrogen-bond donors (Lipinski definition) is 1. The van der Waals surface area contributed by atoms with Gasteiger partial charge in [-0.15, -0.1) is 5.10 Å². The highest BCUT2D eigenvalue weighted by Crippen LogP contribution is 2.11. The molecule has 5 nitrogen and oxygen atoms in total. The summed E-state index contributed by atoms with van der Waals surface area (Å²) in [6.45, 7) is 0.612. The summed E-state index contributed by atoms with van der Waals surface area (Å²) < 4.78 is 5.07. The highest BCUT2D eigenvalue weighted by atomic mass is 16.5. The first-order chi connectivity index (χ1) is 7.28. The Bertz CT molecular complexity index is 435. The van der Waals surface area contributed by atoms with Gasteiger partial charge in [0.05, 0.1) is 19.9 Å². The standard InChI is InChI=1S/C10H12N4O/c1-15-9-4-2-8(3-5-9)7-14-12-6-10(11)13-14/h2-6H,7H2,1H3,(H2,11,13). The number of anilines is 1. The second-order valence-corrected chi connectivity index (χ2v) is 3.15. The van der Waals surface area contributed by atoms with Crippen LogP contribution in [0, 0.1) is 0 Å². The molecule has 0 amide bonds. The molecular weight excluding hydrogens is 192 g/mol. The van der Waals surface area contributed by atoms with E-state index >= 15 is 0 Å². The smallest absolute Gasteiger partial charge is 0.165 e. The van der Waals surface area contributed by atoms with Crippen LogP contribution >= 0.6 is 0 Å². The number of nitrogens with two attached hydrogens (primary N) is 1. The minimum Gasteiger partial charge on any atom is -0.497 e. The molecule has 0 radical (unpaired) electrons. The molecule has 0 aliphatic carbocycles. The monoisotopic (exact) mass is 204 g/mol. The first kappa shape index (κ1) is 9.51. The van der Waals surface area contributed by atoms with Gasteiger partial charge in [0.15, 0.2) is 5.82 Å². The molecule has 0 aliphatic heterocycles. The Kier molecular flexibility index (Phi) is 2.53. The first-order valence-electron chi connectivity index (χ1n) is 4.56. The zero-order chi connectivity index (χ0) is 10.7. The molecule has 1 aromatic heterocycles. The molecule has 15 heavy (non-hydrogen) atoms. The van der Waals surface area contributed by atoms with Gasteiger partial charge in [-0.3, -0.25) is 0 Å². The number of ether oxygens (including phenoxy) is 1. The normalized spacial score (nSPS) is 10.2. The molecule has 78 valence electrons. The number of nitrogens with zero attached hydrogens (tertiary/aromatic N) is 3. The van der Waals surface area contributed by atoms with Crippen LogP contribution in [-0.4, -0.2) is 22.1 Å². The van der Waals surface area contributed by atoms with Gasteiger partial charge in [0.2, 0.25) is 0 Å². The summed E-state index contributed by atoms with van der Waals surface area (Å²) in [5.41, 5.74) is 6.57. The summed E-state index contributed by atoms with van der Waals surface area (Å²) >= 11 is 0. The van der Waals surface area contributed by atoms with Crippen LogP contribution in [-0.2, 0) is 6.54 Å². The summed E-state index contributed by atoms with van der Waals surface area (Å²) in [6, 6.07) is 7.75. The number of hydrogen-bond acceptors (Lipinski definition) is 4. The Morgan fingerprint density at radius 3 is 2.60 bits per heavy atom. The van der Waals surface area contributed by atoms with E-state index in [-0.39, 0.29) is 0 Å². The molecule has 1 heterocycles. The number of nitrogen functional groups attached to an aromatic ring is 1. The van der Waals surface area contributed by atoms with E-state index in [1.54, 1.807) is 11.9 Å². The third kappa shape index (κ3) is 2.25. The molecule has 2 rings (SSSR count). The maximum atomic E-state index is 5.46. The van der Waals surface area contributed by atoms with E-state index in [1.165, 1.54) is 6.20 Å². The Morgan fingerprint density at radius 2 is 2.07 bits per heavy atom. The third-order valence-electron chi connectivity index (χ3n) is 2.04. The SMILES string of the molecule is COc1ccc(Cn2ncc(N)n2)cc1. The largest absolute Gasteiger partial charge is 0.497 e. The van der Waals surface area contributed by atoms with Crippen molar-refractivity contribution in [2.45, 2.75) is 6.54 Å². The van der Waals surface area contributed by atoms with E-state index in [1.807, 2.05) is 24.3 Å². The van der Waals surface area contributed by atoms with Crippen molar-refractivity contribution in [3.8, 4) is 5.75 Å². The Labute approximate surface area is 87.5 Å². The van der Waals surface area contributed by atoms with Gasteiger partial charge in [0.1, 0.15) is 5.75 Å². The molecule has 5 heteroatoms. The molecule has 0 spiro atoms. The van der Waals surface area contributed by atoms with Gasteiger partial charge < -0.3 is 10.5 Å². The van der Waals surface area contributed by atoms with Gasteiger partial charge in [-0.25, -0.2) is 0 Å². The molecule has 2 N–H and O–H groups in total. The molecule has 0 bridgehead atoms. The van der Waals surface area contributed by atoms with Crippen molar-refractivity contribution in [1.29, 1.82) is 0 Å². The highest BCUT2D eigenvalue weighted by Gasteiger charge is 1.98. The highest BCUT2D eigenvalue weighted by molar-refractivity contribution is 5.27. The summed E-state index contributed by atoms with van der Waals surface area (Å²) in [5, 5.41) is 8.00. The molecule has 0 atom stereocenters. The predicted molar refractivity (Wildman–Crippen MR) is 56.5 cm³/mol. The van der Waals surface area contributed by atoms with Crippen LogP contribution in [0.15, 0.2) is 30.5 Å². The number of rotatable bonds is 3. The Hall–Kier alpha value is -2.04. The molecule has 0 aliphatic rings. The van der Waals surface area contributed by atoms with E-state index in [4.69, 9.17) is 10.5 Å². The minimum absolute atomic E-state index is 0.434. The maximum absolute atomic E-state index is 5.46. The predicted octanol–water partition coefficient (Wildman–Crippen LogP) is 0.917. The van der Waals surface area contributed by atoms with Crippen LogP contribution in [0.2, 0.25) is 0 Å². The molecular formula is C10H12N4O. The molecule has 0 fully saturated rings. The lowest BCUT2D eigenvalue weighted by Crippen LogP contribution is -2.04. The Balaban J connectivity index is 2.11. The zero-order valence-electron chi connectivity index (χ0n) is 8.42. The van der Waals surface area contributed by atoms with Crippen molar-refractivity contribution >= 4 is 5.82 Å². The number of benzene rings is 1. The van der Waals surface area contributed by atoms with Crippen LogP contribution in [0.4, 0.5) is 5.82 Å². The van der Waals surface area contributed by atoms with Gasteiger partial charge in [0.25, 0.3) is 0 Å². The van der Waals surface area contributed by atoms with Gasteiger partial charge in [-0.1, -0.05) is 12.1 Å². The summed E-state index contributed by atoms with van der Waals surface area (Å²) in [6.07, 6.45) is 1.53. The van der Waals surface area contributed by atoms with Gasteiger partial charge in [0, 0.05) is 0 Å². The van der Waals surface area contributed by atoms with Crippen molar-refractivity contribution in [2.75, 3.05) is 12.8 Å². The second-order valence-electron chi connectivity index (χ2n) is 3.15. The lowest BCUT2D eigenvalue weighted by molar-refractivity contribution is 0.414.